The van der Waals surface area contributed by atoms with Gasteiger partial charge >= 0.3 is 0 Å². The van der Waals surface area contributed by atoms with E-state index in [9.17, 15) is 14.0 Å². The molecule has 174 valence electrons. The summed E-state index contributed by atoms with van der Waals surface area (Å²) in [5, 5.41) is 3.79. The number of halogens is 1. The molecular weight excluding hydrogens is 433 g/mol. The molecule has 34 heavy (non-hydrogen) atoms. The number of carbonyl (C=O) groups excluding carboxylic acids is 1. The Labute approximate surface area is 196 Å². The maximum absolute atomic E-state index is 14.0. The number of nitrogen functional groups attached to an aromatic ring is 1. The van der Waals surface area contributed by atoms with E-state index in [1.165, 1.54) is 18.2 Å². The molecule has 0 saturated heterocycles. The minimum atomic E-state index is -0.615. The van der Waals surface area contributed by atoms with Gasteiger partial charge in [-0.15, -0.1) is 0 Å². The molecule has 1 amide bonds. The fourth-order valence-electron chi connectivity index (χ4n) is 4.08. The Balaban J connectivity index is 1.85. The Morgan fingerprint density at radius 1 is 1.06 bits per heavy atom. The van der Waals surface area contributed by atoms with Crippen molar-refractivity contribution in [2.75, 3.05) is 24.8 Å². The smallest absolute Gasteiger partial charge is 0.260 e. The lowest BCUT2D eigenvalue weighted by atomic mass is 9.97. The fraction of sp³-hybridized carbons (Fsp3) is 0.185. The molecule has 3 aromatic carbocycles. The van der Waals surface area contributed by atoms with Gasteiger partial charge in [0, 0.05) is 36.9 Å². The van der Waals surface area contributed by atoms with Crippen molar-refractivity contribution < 1.29 is 13.9 Å². The number of carbonyl (C=O) groups is 1. The number of rotatable bonds is 7. The van der Waals surface area contributed by atoms with Crippen LogP contribution in [-0.4, -0.2) is 24.2 Å². The Morgan fingerprint density at radius 2 is 1.85 bits per heavy atom. The van der Waals surface area contributed by atoms with E-state index >= 15 is 0 Å². The summed E-state index contributed by atoms with van der Waals surface area (Å²) in [4.78, 5) is 26.0. The van der Waals surface area contributed by atoms with Crippen molar-refractivity contribution in [2.45, 2.75) is 19.9 Å². The maximum Gasteiger partial charge on any atom is 0.260 e. The molecule has 0 spiro atoms. The summed E-state index contributed by atoms with van der Waals surface area (Å²) < 4.78 is 20.7. The Bertz CT molecular complexity index is 1430. The van der Waals surface area contributed by atoms with Crippen LogP contribution in [0.2, 0.25) is 0 Å². The monoisotopic (exact) mass is 459 g/mol. The Morgan fingerprint density at radius 3 is 2.59 bits per heavy atom. The molecule has 6 nitrogen and oxygen atoms in total. The summed E-state index contributed by atoms with van der Waals surface area (Å²) in [7, 11) is 1.61. The highest BCUT2D eigenvalue weighted by molar-refractivity contribution is 6.07. The average Bonchev–Trinajstić information content (AvgIpc) is 2.82. The lowest BCUT2D eigenvalue weighted by Gasteiger charge is -2.18. The zero-order valence-electron chi connectivity index (χ0n) is 19.1. The van der Waals surface area contributed by atoms with Crippen LogP contribution >= 0.6 is 0 Å². The van der Waals surface area contributed by atoms with Crippen LogP contribution in [-0.2, 0) is 11.3 Å². The number of pyridine rings is 1. The van der Waals surface area contributed by atoms with E-state index in [0.717, 1.165) is 16.7 Å². The van der Waals surface area contributed by atoms with Gasteiger partial charge in [-0.05, 0) is 48.6 Å². The van der Waals surface area contributed by atoms with E-state index in [1.54, 1.807) is 35.9 Å². The lowest BCUT2D eigenvalue weighted by Crippen LogP contribution is -2.25. The molecule has 4 aromatic rings. The molecule has 4 rings (SSSR count). The number of nitrogens with one attached hydrogen (secondary N) is 1. The summed E-state index contributed by atoms with van der Waals surface area (Å²) in [6, 6.07) is 18.7. The number of benzene rings is 3. The maximum atomic E-state index is 14.0. The van der Waals surface area contributed by atoms with Crippen molar-refractivity contribution in [1.82, 2.24) is 4.57 Å². The molecule has 7 heteroatoms. The number of hydrogen-bond donors (Lipinski definition) is 2. The summed E-state index contributed by atoms with van der Waals surface area (Å²) in [6.45, 7) is 2.87. The molecular formula is C27H26FN3O3. The predicted octanol–water partition coefficient (Wildman–Crippen LogP) is 4.99. The van der Waals surface area contributed by atoms with E-state index in [4.69, 9.17) is 10.5 Å². The Hall–Kier alpha value is -3.97. The molecule has 3 N–H and O–H groups in total. The summed E-state index contributed by atoms with van der Waals surface area (Å²) in [6.07, 6.45) is 0.614. The van der Waals surface area contributed by atoms with Crippen molar-refractivity contribution >= 4 is 28.2 Å². The fourth-order valence-corrected chi connectivity index (χ4v) is 4.08. The number of aromatic nitrogens is 1. The molecule has 0 bridgehead atoms. The molecule has 0 aliphatic rings. The number of nitrogens with zero attached hydrogens (tertiary/aromatic N) is 1. The zero-order valence-corrected chi connectivity index (χ0v) is 19.1. The van der Waals surface area contributed by atoms with Crippen LogP contribution < -0.4 is 16.6 Å². The second kappa shape index (κ2) is 9.89. The molecule has 1 heterocycles. The summed E-state index contributed by atoms with van der Waals surface area (Å²) in [5.41, 5.74) is 9.31. The number of amides is 1. The minimum absolute atomic E-state index is 0.0719. The number of nitrogens with two attached hydrogens (primary N) is 1. The van der Waals surface area contributed by atoms with Gasteiger partial charge in [-0.2, -0.15) is 0 Å². The van der Waals surface area contributed by atoms with E-state index in [-0.39, 0.29) is 11.1 Å². The van der Waals surface area contributed by atoms with E-state index in [0.29, 0.717) is 41.9 Å². The summed E-state index contributed by atoms with van der Waals surface area (Å²) in [5.74, 6) is -0.828. The average molecular weight is 460 g/mol. The van der Waals surface area contributed by atoms with Gasteiger partial charge in [0.2, 0.25) is 0 Å². The molecule has 0 aliphatic carbocycles. The number of hydrogen-bond acceptors (Lipinski definition) is 4. The minimum Gasteiger partial charge on any atom is -0.385 e. The van der Waals surface area contributed by atoms with Gasteiger partial charge in [0.1, 0.15) is 11.6 Å². The molecule has 0 fully saturated rings. The van der Waals surface area contributed by atoms with E-state index in [2.05, 4.69) is 5.32 Å². The Kier molecular flexibility index (Phi) is 6.75. The number of methoxy groups -OCH3 is 1. The summed E-state index contributed by atoms with van der Waals surface area (Å²) >= 11 is 0. The number of fused-ring (bicyclic) bond motifs is 1. The van der Waals surface area contributed by atoms with E-state index < -0.39 is 11.7 Å². The van der Waals surface area contributed by atoms with Gasteiger partial charge in [0.05, 0.1) is 5.56 Å². The van der Waals surface area contributed by atoms with Gasteiger partial charge in [0.15, 0.2) is 0 Å². The lowest BCUT2D eigenvalue weighted by molar-refractivity contribution is 0.102. The van der Waals surface area contributed by atoms with Gasteiger partial charge in [-0.3, -0.25) is 14.2 Å². The highest BCUT2D eigenvalue weighted by atomic mass is 19.1. The first-order valence-electron chi connectivity index (χ1n) is 11.0. The van der Waals surface area contributed by atoms with Gasteiger partial charge in [-0.1, -0.05) is 48.0 Å². The largest absolute Gasteiger partial charge is 0.385 e. The van der Waals surface area contributed by atoms with Crippen LogP contribution in [0, 0.1) is 12.7 Å². The van der Waals surface area contributed by atoms with Gasteiger partial charge < -0.3 is 15.8 Å². The quantitative estimate of drug-likeness (QED) is 0.382. The third-order valence-corrected chi connectivity index (χ3v) is 5.72. The normalized spacial score (nSPS) is 11.0. The molecule has 1 aromatic heterocycles. The topological polar surface area (TPSA) is 86.3 Å². The number of aryl methyl sites for hydroxylation is 1. The van der Waals surface area contributed by atoms with Crippen LogP contribution in [0.3, 0.4) is 0 Å². The zero-order chi connectivity index (χ0) is 24.2. The third-order valence-electron chi connectivity index (χ3n) is 5.72. The van der Waals surface area contributed by atoms with Crippen LogP contribution in [0.4, 0.5) is 15.9 Å². The van der Waals surface area contributed by atoms with E-state index in [1.807, 2.05) is 31.2 Å². The third kappa shape index (κ3) is 4.56. The van der Waals surface area contributed by atoms with Crippen molar-refractivity contribution in [3.8, 4) is 11.1 Å². The second-order valence-corrected chi connectivity index (χ2v) is 8.13. The predicted molar refractivity (Wildman–Crippen MR) is 134 cm³/mol. The first-order valence-corrected chi connectivity index (χ1v) is 11.0. The SMILES string of the molecule is COCCCn1c(N)c(-c2cccc(C)c2)c2ccc(NC(=O)c3ccccc3F)cc2c1=O. The standard InChI is InChI=1S/C27H26FN3O3/c1-17-7-5-8-18(15-17)24-20-12-11-19(30-26(32)21-9-3-4-10-23(21)28)16-22(20)27(33)31(25(24)29)13-6-14-34-2/h3-5,7-12,15-16H,6,13-14,29H2,1-2H3,(H,30,32). The van der Waals surface area contributed by atoms with Crippen LogP contribution in [0.5, 0.6) is 0 Å². The van der Waals surface area contributed by atoms with Crippen LogP contribution in [0.1, 0.15) is 22.3 Å². The highest BCUT2D eigenvalue weighted by Gasteiger charge is 2.18. The number of anilines is 2. The van der Waals surface area contributed by atoms with Crippen LogP contribution in [0.25, 0.3) is 21.9 Å². The van der Waals surface area contributed by atoms with Crippen molar-refractivity contribution in [3.05, 3.63) is 94.0 Å². The van der Waals surface area contributed by atoms with Crippen LogP contribution in [0.15, 0.2) is 71.5 Å². The molecule has 0 unspecified atom stereocenters. The first-order chi connectivity index (χ1) is 16.4. The van der Waals surface area contributed by atoms with Crippen molar-refractivity contribution in [3.63, 3.8) is 0 Å². The molecule has 0 aliphatic heterocycles. The highest BCUT2D eigenvalue weighted by Crippen LogP contribution is 2.34. The second-order valence-electron chi connectivity index (χ2n) is 8.13. The number of ether oxygens (including phenoxy) is 1. The van der Waals surface area contributed by atoms with Crippen molar-refractivity contribution in [2.24, 2.45) is 0 Å². The van der Waals surface area contributed by atoms with Gasteiger partial charge in [-0.25, -0.2) is 4.39 Å². The first kappa shape index (κ1) is 23.2. The van der Waals surface area contributed by atoms with Crippen molar-refractivity contribution in [1.29, 1.82) is 0 Å². The molecule has 0 atom stereocenters. The molecule has 0 radical (unpaired) electrons. The van der Waals surface area contributed by atoms with Gasteiger partial charge in [0.25, 0.3) is 11.5 Å². The molecule has 0 saturated carbocycles.